The largest absolute Gasteiger partial charge is 0.436 e. The predicted molar refractivity (Wildman–Crippen MR) is 138 cm³/mol. The molecule has 0 bridgehead atoms. The average molecular weight is 474 g/mol. The number of unbranched alkanes of at least 4 members (excludes halogenated alkanes) is 1. The summed E-state index contributed by atoms with van der Waals surface area (Å²) in [5, 5.41) is 5.56. The summed E-state index contributed by atoms with van der Waals surface area (Å²) >= 11 is 1.47. The van der Waals surface area contributed by atoms with E-state index in [1.165, 1.54) is 11.8 Å². The van der Waals surface area contributed by atoms with Crippen LogP contribution in [0.3, 0.4) is 0 Å². The maximum atomic E-state index is 12.7. The highest BCUT2D eigenvalue weighted by Crippen LogP contribution is 2.27. The molecule has 0 spiro atoms. The first-order valence-electron chi connectivity index (χ1n) is 11.4. The van der Waals surface area contributed by atoms with Crippen molar-refractivity contribution >= 4 is 46.1 Å². The summed E-state index contributed by atoms with van der Waals surface area (Å²) < 4.78 is 5.80. The maximum Gasteiger partial charge on any atom is 0.237 e. The van der Waals surface area contributed by atoms with Gasteiger partial charge in [-0.25, -0.2) is 4.98 Å². The van der Waals surface area contributed by atoms with Crippen molar-refractivity contribution in [2.75, 3.05) is 10.6 Å². The van der Waals surface area contributed by atoms with Gasteiger partial charge in [-0.1, -0.05) is 25.5 Å². The van der Waals surface area contributed by atoms with Gasteiger partial charge in [-0.15, -0.1) is 11.8 Å². The Morgan fingerprint density at radius 2 is 1.62 bits per heavy atom. The second-order valence-electron chi connectivity index (χ2n) is 7.99. The van der Waals surface area contributed by atoms with Crippen molar-refractivity contribution in [1.29, 1.82) is 0 Å². The van der Waals surface area contributed by atoms with Crippen molar-refractivity contribution in [2.24, 2.45) is 0 Å². The van der Waals surface area contributed by atoms with E-state index >= 15 is 0 Å². The first kappa shape index (κ1) is 23.6. The zero-order chi connectivity index (χ0) is 23.9. The van der Waals surface area contributed by atoms with Crippen LogP contribution in [0.25, 0.3) is 22.6 Å². The van der Waals surface area contributed by atoms with Crippen molar-refractivity contribution < 1.29 is 14.0 Å². The number of nitrogens with one attached hydrogen (secondary N) is 2. The summed E-state index contributed by atoms with van der Waals surface area (Å²) in [4.78, 5) is 30.0. The van der Waals surface area contributed by atoms with Gasteiger partial charge in [0.1, 0.15) is 5.52 Å². The molecule has 2 amide bonds. The summed E-state index contributed by atoms with van der Waals surface area (Å²) in [6.45, 7) is 3.93. The molecule has 0 saturated carbocycles. The molecule has 1 heterocycles. The number of anilines is 2. The second kappa shape index (κ2) is 11.0. The number of carbonyl (C=O) groups excluding carboxylic acids is 2. The normalized spacial score (nSPS) is 11.8. The summed E-state index contributed by atoms with van der Waals surface area (Å²) in [6, 6.07) is 22.6. The molecule has 7 heteroatoms. The standard InChI is InChI=1S/C27H27N3O3S/c1-3-4-9-25(31)28-20-14-16-22(17-15-20)34-18(2)26(32)29-21-12-10-19(11-13-21)27-30-23-7-5-6-8-24(23)33-27/h5-8,10-18H,3-4,9H2,1-2H3,(H,28,31)(H,29,32). The van der Waals surface area contributed by atoms with E-state index in [0.717, 1.165) is 40.1 Å². The van der Waals surface area contributed by atoms with Crippen molar-refractivity contribution in [3.05, 3.63) is 72.8 Å². The number of hydrogen-bond acceptors (Lipinski definition) is 5. The third-order valence-corrected chi connectivity index (χ3v) is 6.38. The van der Waals surface area contributed by atoms with Crippen LogP contribution in [0.1, 0.15) is 33.1 Å². The first-order chi connectivity index (χ1) is 16.5. The SMILES string of the molecule is CCCCC(=O)Nc1ccc(SC(C)C(=O)Nc2ccc(-c3nc4ccccc4o3)cc2)cc1. The number of fused-ring (bicyclic) bond motifs is 1. The molecule has 4 rings (SSSR count). The number of rotatable bonds is 9. The smallest absolute Gasteiger partial charge is 0.237 e. The molecule has 0 radical (unpaired) electrons. The third kappa shape index (κ3) is 6.05. The molecule has 0 aliphatic carbocycles. The van der Waals surface area contributed by atoms with Gasteiger partial charge in [0.15, 0.2) is 5.58 Å². The topological polar surface area (TPSA) is 84.2 Å². The number of para-hydroxylation sites is 2. The van der Waals surface area contributed by atoms with Crippen LogP contribution in [-0.4, -0.2) is 22.0 Å². The van der Waals surface area contributed by atoms with Gasteiger partial charge in [0.2, 0.25) is 17.7 Å². The van der Waals surface area contributed by atoms with Gasteiger partial charge in [0, 0.05) is 28.3 Å². The Bertz CT molecular complexity index is 1230. The molecule has 4 aromatic rings. The Balaban J connectivity index is 1.31. The fourth-order valence-corrected chi connectivity index (χ4v) is 4.24. The molecule has 174 valence electrons. The van der Waals surface area contributed by atoms with Crippen molar-refractivity contribution in [3.63, 3.8) is 0 Å². The Kier molecular flexibility index (Phi) is 7.65. The highest BCUT2D eigenvalue weighted by Gasteiger charge is 2.15. The number of oxazole rings is 1. The van der Waals surface area contributed by atoms with E-state index in [1.54, 1.807) is 0 Å². The van der Waals surface area contributed by atoms with Crippen LogP contribution in [0.2, 0.25) is 0 Å². The van der Waals surface area contributed by atoms with E-state index in [0.29, 0.717) is 18.0 Å². The highest BCUT2D eigenvalue weighted by molar-refractivity contribution is 8.00. The minimum atomic E-state index is -0.290. The maximum absolute atomic E-state index is 12.7. The molecule has 1 unspecified atom stereocenters. The average Bonchev–Trinajstić information content (AvgIpc) is 3.29. The molecule has 1 atom stereocenters. The van der Waals surface area contributed by atoms with E-state index < -0.39 is 0 Å². The number of nitrogens with zero attached hydrogens (tertiary/aromatic N) is 1. The van der Waals surface area contributed by atoms with Gasteiger partial charge >= 0.3 is 0 Å². The highest BCUT2D eigenvalue weighted by atomic mass is 32.2. The van der Waals surface area contributed by atoms with Crippen molar-refractivity contribution in [2.45, 2.75) is 43.3 Å². The van der Waals surface area contributed by atoms with Gasteiger partial charge in [0.25, 0.3) is 0 Å². The van der Waals surface area contributed by atoms with E-state index in [-0.39, 0.29) is 17.1 Å². The zero-order valence-electron chi connectivity index (χ0n) is 19.2. The number of hydrogen-bond donors (Lipinski definition) is 2. The fourth-order valence-electron chi connectivity index (χ4n) is 3.37. The van der Waals surface area contributed by atoms with Crippen LogP contribution >= 0.6 is 11.8 Å². The number of amides is 2. The minimum Gasteiger partial charge on any atom is -0.436 e. The van der Waals surface area contributed by atoms with E-state index in [4.69, 9.17) is 4.42 Å². The summed E-state index contributed by atoms with van der Waals surface area (Å²) in [5.41, 5.74) is 3.88. The molecule has 0 aliphatic heterocycles. The number of benzene rings is 3. The van der Waals surface area contributed by atoms with Crippen molar-refractivity contribution in [1.82, 2.24) is 4.98 Å². The van der Waals surface area contributed by atoms with Gasteiger partial charge in [-0.3, -0.25) is 9.59 Å². The molecule has 34 heavy (non-hydrogen) atoms. The lowest BCUT2D eigenvalue weighted by atomic mass is 10.2. The summed E-state index contributed by atoms with van der Waals surface area (Å²) in [7, 11) is 0. The molecular formula is C27H27N3O3S. The fraction of sp³-hybridized carbons (Fsp3) is 0.222. The van der Waals surface area contributed by atoms with Crippen LogP contribution in [0.5, 0.6) is 0 Å². The Morgan fingerprint density at radius 1 is 0.941 bits per heavy atom. The molecular weight excluding hydrogens is 446 g/mol. The van der Waals surface area contributed by atoms with E-state index in [1.807, 2.05) is 79.7 Å². The predicted octanol–water partition coefficient (Wildman–Crippen LogP) is 6.74. The molecule has 0 aliphatic rings. The van der Waals surface area contributed by atoms with Gasteiger partial charge in [0.05, 0.1) is 5.25 Å². The first-order valence-corrected chi connectivity index (χ1v) is 12.2. The number of thioether (sulfide) groups is 1. The molecule has 0 saturated heterocycles. The third-order valence-electron chi connectivity index (χ3n) is 5.27. The Morgan fingerprint density at radius 3 is 2.32 bits per heavy atom. The van der Waals surface area contributed by atoms with Gasteiger partial charge in [-0.05, 0) is 74.0 Å². The van der Waals surface area contributed by atoms with Crippen LogP contribution < -0.4 is 10.6 Å². The number of carbonyl (C=O) groups is 2. The zero-order valence-corrected chi connectivity index (χ0v) is 20.0. The monoisotopic (exact) mass is 473 g/mol. The van der Waals surface area contributed by atoms with E-state index in [2.05, 4.69) is 22.5 Å². The summed E-state index contributed by atoms with van der Waals surface area (Å²) in [5.74, 6) is 0.488. The quantitative estimate of drug-likeness (QED) is 0.263. The van der Waals surface area contributed by atoms with Crippen LogP contribution in [0, 0.1) is 0 Å². The minimum absolute atomic E-state index is 0.0251. The van der Waals surface area contributed by atoms with E-state index in [9.17, 15) is 9.59 Å². The Hall–Kier alpha value is -3.58. The van der Waals surface area contributed by atoms with Crippen LogP contribution in [0.4, 0.5) is 11.4 Å². The molecule has 2 N–H and O–H groups in total. The molecule has 0 fully saturated rings. The summed E-state index contributed by atoms with van der Waals surface area (Å²) in [6.07, 6.45) is 2.40. The lowest BCUT2D eigenvalue weighted by molar-refractivity contribution is -0.116. The van der Waals surface area contributed by atoms with Crippen LogP contribution in [0.15, 0.2) is 82.1 Å². The number of aromatic nitrogens is 1. The van der Waals surface area contributed by atoms with Crippen molar-refractivity contribution in [3.8, 4) is 11.5 Å². The molecule has 3 aromatic carbocycles. The molecule has 6 nitrogen and oxygen atoms in total. The lowest BCUT2D eigenvalue weighted by Gasteiger charge is -2.13. The molecule has 1 aromatic heterocycles. The van der Waals surface area contributed by atoms with Gasteiger partial charge in [-0.2, -0.15) is 0 Å². The van der Waals surface area contributed by atoms with Gasteiger partial charge < -0.3 is 15.1 Å². The second-order valence-corrected chi connectivity index (χ2v) is 9.40. The Labute approximate surface area is 203 Å². The van der Waals surface area contributed by atoms with Crippen LogP contribution in [-0.2, 0) is 9.59 Å². The lowest BCUT2D eigenvalue weighted by Crippen LogP contribution is -2.22.